The first-order valence-electron chi connectivity index (χ1n) is 8.08. The highest BCUT2D eigenvalue weighted by molar-refractivity contribution is 5.95. The molecule has 3 nitrogen and oxygen atoms in total. The number of rotatable bonds is 4. The number of carbonyl (C=O) groups is 1. The summed E-state index contributed by atoms with van der Waals surface area (Å²) in [6.45, 7) is 5.80. The van der Waals surface area contributed by atoms with E-state index < -0.39 is 6.10 Å². The lowest BCUT2D eigenvalue weighted by Gasteiger charge is -2.17. The van der Waals surface area contributed by atoms with Gasteiger partial charge in [0.25, 0.3) is 5.91 Å². The van der Waals surface area contributed by atoms with Gasteiger partial charge in [-0.1, -0.05) is 48.5 Å². The molecule has 3 aromatic carbocycles. The third-order valence-corrected chi connectivity index (χ3v) is 4.29. The SMILES string of the molecule is Cc1cccc(NC(=O)[C@H](C)Oc2cccc3ccccc23)c1C. The molecule has 1 N–H and O–H groups in total. The zero-order chi connectivity index (χ0) is 17.1. The average Bonchev–Trinajstić information content (AvgIpc) is 2.59. The summed E-state index contributed by atoms with van der Waals surface area (Å²) in [5, 5.41) is 5.06. The van der Waals surface area contributed by atoms with Gasteiger partial charge in [-0.3, -0.25) is 4.79 Å². The van der Waals surface area contributed by atoms with Crippen molar-refractivity contribution in [3.63, 3.8) is 0 Å². The second-order valence-corrected chi connectivity index (χ2v) is 5.97. The van der Waals surface area contributed by atoms with Crippen molar-refractivity contribution in [3.05, 3.63) is 71.8 Å². The number of fused-ring (bicyclic) bond motifs is 1. The molecule has 0 saturated heterocycles. The van der Waals surface area contributed by atoms with Crippen molar-refractivity contribution < 1.29 is 9.53 Å². The van der Waals surface area contributed by atoms with E-state index in [1.807, 2.05) is 74.5 Å². The van der Waals surface area contributed by atoms with Crippen LogP contribution in [0.1, 0.15) is 18.1 Å². The predicted octanol–water partition coefficient (Wildman–Crippen LogP) is 4.86. The van der Waals surface area contributed by atoms with Gasteiger partial charge in [-0.2, -0.15) is 0 Å². The fraction of sp³-hybridized carbons (Fsp3) is 0.190. The smallest absolute Gasteiger partial charge is 0.265 e. The van der Waals surface area contributed by atoms with Crippen LogP contribution in [0.15, 0.2) is 60.7 Å². The molecule has 0 spiro atoms. The molecule has 122 valence electrons. The lowest BCUT2D eigenvalue weighted by atomic mass is 10.1. The Morgan fingerprint density at radius 3 is 2.50 bits per heavy atom. The summed E-state index contributed by atoms with van der Waals surface area (Å²) >= 11 is 0. The fourth-order valence-electron chi connectivity index (χ4n) is 2.66. The van der Waals surface area contributed by atoms with Crippen LogP contribution in [0.25, 0.3) is 10.8 Å². The minimum absolute atomic E-state index is 0.156. The van der Waals surface area contributed by atoms with E-state index in [0.717, 1.165) is 33.3 Å². The Morgan fingerprint density at radius 2 is 1.67 bits per heavy atom. The van der Waals surface area contributed by atoms with Gasteiger partial charge in [-0.25, -0.2) is 0 Å². The molecule has 0 bridgehead atoms. The Hall–Kier alpha value is -2.81. The van der Waals surface area contributed by atoms with Gasteiger partial charge >= 0.3 is 0 Å². The average molecular weight is 319 g/mol. The summed E-state index contributed by atoms with van der Waals surface area (Å²) in [5.41, 5.74) is 3.05. The van der Waals surface area contributed by atoms with Crippen LogP contribution in [0.3, 0.4) is 0 Å². The van der Waals surface area contributed by atoms with E-state index in [1.54, 1.807) is 6.92 Å². The van der Waals surface area contributed by atoms with E-state index in [4.69, 9.17) is 4.74 Å². The molecule has 1 amide bonds. The number of hydrogen-bond donors (Lipinski definition) is 1. The van der Waals surface area contributed by atoms with Gasteiger partial charge in [-0.15, -0.1) is 0 Å². The number of hydrogen-bond acceptors (Lipinski definition) is 2. The van der Waals surface area contributed by atoms with Crippen LogP contribution in [0.4, 0.5) is 5.69 Å². The fourth-order valence-corrected chi connectivity index (χ4v) is 2.66. The van der Waals surface area contributed by atoms with E-state index in [-0.39, 0.29) is 5.91 Å². The van der Waals surface area contributed by atoms with E-state index in [0.29, 0.717) is 0 Å². The van der Waals surface area contributed by atoms with Gasteiger partial charge in [0.15, 0.2) is 6.10 Å². The van der Waals surface area contributed by atoms with Crippen molar-refractivity contribution in [1.29, 1.82) is 0 Å². The van der Waals surface area contributed by atoms with Crippen LogP contribution < -0.4 is 10.1 Å². The van der Waals surface area contributed by atoms with Gasteiger partial charge < -0.3 is 10.1 Å². The molecular formula is C21H21NO2. The van der Waals surface area contributed by atoms with E-state index >= 15 is 0 Å². The summed E-state index contributed by atoms with van der Waals surface area (Å²) in [7, 11) is 0. The molecule has 3 rings (SSSR count). The van der Waals surface area contributed by atoms with Crippen molar-refractivity contribution >= 4 is 22.4 Å². The Balaban J connectivity index is 1.77. The Kier molecular flexibility index (Phi) is 4.52. The number of anilines is 1. The number of benzene rings is 3. The minimum Gasteiger partial charge on any atom is -0.480 e. The molecule has 0 saturated carbocycles. The third kappa shape index (κ3) is 3.25. The molecule has 3 aromatic rings. The first-order chi connectivity index (χ1) is 11.6. The van der Waals surface area contributed by atoms with Crippen LogP contribution in [0, 0.1) is 13.8 Å². The maximum Gasteiger partial charge on any atom is 0.265 e. The summed E-state index contributed by atoms with van der Waals surface area (Å²) < 4.78 is 5.92. The highest BCUT2D eigenvalue weighted by Crippen LogP contribution is 2.26. The van der Waals surface area contributed by atoms with Crippen LogP contribution >= 0.6 is 0 Å². The standard InChI is InChI=1S/C21H21NO2/c1-14-8-6-12-19(15(14)2)22-21(23)16(3)24-20-13-7-10-17-9-4-5-11-18(17)20/h4-13,16H,1-3H3,(H,22,23)/t16-/m0/s1. The largest absolute Gasteiger partial charge is 0.480 e. The Bertz CT molecular complexity index is 881. The van der Waals surface area contributed by atoms with E-state index in [9.17, 15) is 4.79 Å². The Labute approximate surface area is 142 Å². The molecule has 0 aliphatic rings. The van der Waals surface area contributed by atoms with Gasteiger partial charge in [0.05, 0.1) is 0 Å². The van der Waals surface area contributed by atoms with Crippen molar-refractivity contribution in [2.75, 3.05) is 5.32 Å². The molecule has 3 heteroatoms. The summed E-state index contributed by atoms with van der Waals surface area (Å²) in [6, 6.07) is 19.7. The van der Waals surface area contributed by atoms with Gasteiger partial charge in [0.1, 0.15) is 5.75 Å². The second-order valence-electron chi connectivity index (χ2n) is 5.97. The van der Waals surface area contributed by atoms with Crippen LogP contribution in [-0.4, -0.2) is 12.0 Å². The molecule has 0 radical (unpaired) electrons. The molecule has 0 aromatic heterocycles. The topological polar surface area (TPSA) is 38.3 Å². The zero-order valence-corrected chi connectivity index (χ0v) is 14.2. The first-order valence-corrected chi connectivity index (χ1v) is 8.08. The number of carbonyl (C=O) groups excluding carboxylic acids is 1. The molecule has 24 heavy (non-hydrogen) atoms. The summed E-state index contributed by atoms with van der Waals surface area (Å²) in [5.74, 6) is 0.563. The van der Waals surface area contributed by atoms with Crippen molar-refractivity contribution in [1.82, 2.24) is 0 Å². The summed E-state index contributed by atoms with van der Waals surface area (Å²) in [4.78, 5) is 12.5. The maximum absolute atomic E-state index is 12.5. The van der Waals surface area contributed by atoms with Gasteiger partial charge in [-0.05, 0) is 49.4 Å². The molecule has 0 aliphatic carbocycles. The van der Waals surface area contributed by atoms with Crippen LogP contribution in [0.2, 0.25) is 0 Å². The molecule has 0 aliphatic heterocycles. The zero-order valence-electron chi connectivity index (χ0n) is 14.2. The maximum atomic E-state index is 12.5. The summed E-state index contributed by atoms with van der Waals surface area (Å²) in [6.07, 6.45) is -0.587. The monoisotopic (exact) mass is 319 g/mol. The van der Waals surface area contributed by atoms with E-state index in [2.05, 4.69) is 5.32 Å². The number of nitrogens with one attached hydrogen (secondary N) is 1. The minimum atomic E-state index is -0.587. The molecule has 0 unspecified atom stereocenters. The lowest BCUT2D eigenvalue weighted by molar-refractivity contribution is -0.122. The quantitative estimate of drug-likeness (QED) is 0.745. The molecule has 1 atom stereocenters. The van der Waals surface area contributed by atoms with Gasteiger partial charge in [0.2, 0.25) is 0 Å². The lowest BCUT2D eigenvalue weighted by Crippen LogP contribution is -2.30. The molecular weight excluding hydrogens is 298 g/mol. The van der Waals surface area contributed by atoms with Crippen molar-refractivity contribution in [2.24, 2.45) is 0 Å². The van der Waals surface area contributed by atoms with Crippen LogP contribution in [0.5, 0.6) is 5.75 Å². The Morgan fingerprint density at radius 1 is 0.958 bits per heavy atom. The number of amides is 1. The highest BCUT2D eigenvalue weighted by atomic mass is 16.5. The number of aryl methyl sites for hydroxylation is 1. The van der Waals surface area contributed by atoms with Crippen molar-refractivity contribution in [2.45, 2.75) is 26.9 Å². The normalized spacial score (nSPS) is 12.0. The van der Waals surface area contributed by atoms with Crippen molar-refractivity contribution in [3.8, 4) is 5.75 Å². The first kappa shape index (κ1) is 16.1. The second kappa shape index (κ2) is 6.75. The predicted molar refractivity (Wildman–Crippen MR) is 98.6 cm³/mol. The highest BCUT2D eigenvalue weighted by Gasteiger charge is 2.17. The molecule has 0 fully saturated rings. The molecule has 0 heterocycles. The van der Waals surface area contributed by atoms with Gasteiger partial charge in [0, 0.05) is 11.1 Å². The van der Waals surface area contributed by atoms with Crippen LogP contribution in [-0.2, 0) is 4.79 Å². The van der Waals surface area contributed by atoms with E-state index in [1.165, 1.54) is 0 Å². The third-order valence-electron chi connectivity index (χ3n) is 4.29. The number of ether oxygens (including phenoxy) is 1.